The van der Waals surface area contributed by atoms with Crippen molar-refractivity contribution in [2.24, 2.45) is 5.73 Å². The molecule has 0 saturated heterocycles. The number of hydrogen-bond acceptors (Lipinski definition) is 3. The Labute approximate surface area is 103 Å². The van der Waals surface area contributed by atoms with Crippen molar-refractivity contribution in [3.8, 4) is 0 Å². The number of benzene rings is 1. The van der Waals surface area contributed by atoms with Gasteiger partial charge in [-0.15, -0.1) is 11.3 Å². The number of nitrogens with two attached hydrogens (primary N) is 1. The molecule has 2 rings (SSSR count). The summed E-state index contributed by atoms with van der Waals surface area (Å²) in [6, 6.07) is 9.68. The molecule has 0 aliphatic carbocycles. The molecule has 1 radical (unpaired) electrons. The molecule has 2 aromatic rings. The maximum atomic E-state index is 12.0. The minimum Gasteiger partial charge on any atom is -0.317 e. The monoisotopic (exact) mass is 250 g/mol. The Kier molecular flexibility index (Phi) is 3.39. The molecule has 0 spiro atoms. The third-order valence-electron chi connectivity index (χ3n) is 2.21. The van der Waals surface area contributed by atoms with Gasteiger partial charge in [0, 0.05) is 20.8 Å². The van der Waals surface area contributed by atoms with Crippen LogP contribution in [0, 0.1) is 5.38 Å². The highest BCUT2D eigenvalue weighted by molar-refractivity contribution is 7.09. The molecular weight excluding hydrogens is 242 g/mol. The third-order valence-corrected chi connectivity index (χ3v) is 3.34. The Morgan fingerprint density at radius 2 is 2.00 bits per heavy atom. The number of carbonyl (C=O) groups excluding carboxylic acids is 1. The number of halogens is 1. The number of rotatable bonds is 3. The van der Waals surface area contributed by atoms with E-state index in [1.807, 2.05) is 6.07 Å². The number of Topliss-reactive ketones (excluding diaryl/α,β-unsaturated/α-hetero) is 1. The zero-order valence-corrected chi connectivity index (χ0v) is 9.89. The lowest BCUT2D eigenvalue weighted by molar-refractivity contribution is 0.0962. The fourth-order valence-electron chi connectivity index (χ4n) is 1.34. The van der Waals surface area contributed by atoms with Crippen molar-refractivity contribution in [3.05, 3.63) is 57.2 Å². The standard InChI is InChI=1S/C12H9ClNOS/c13-9-5-3-8(4-6-9)12(15)11(14)10-2-1-7-16-10/h1-6,11H,14H2. The summed E-state index contributed by atoms with van der Waals surface area (Å²) in [5.74, 6) is -0.104. The van der Waals surface area contributed by atoms with Gasteiger partial charge in [-0.1, -0.05) is 11.6 Å². The molecule has 0 aliphatic heterocycles. The van der Waals surface area contributed by atoms with Crippen molar-refractivity contribution >= 4 is 28.7 Å². The summed E-state index contributed by atoms with van der Waals surface area (Å²) in [6.45, 7) is 0. The molecule has 1 aromatic carbocycles. The van der Waals surface area contributed by atoms with Gasteiger partial charge in [-0.3, -0.25) is 4.79 Å². The predicted molar refractivity (Wildman–Crippen MR) is 65.9 cm³/mol. The predicted octanol–water partition coefficient (Wildman–Crippen LogP) is 3.08. The van der Waals surface area contributed by atoms with E-state index in [1.54, 1.807) is 30.3 Å². The topological polar surface area (TPSA) is 43.1 Å². The highest BCUT2D eigenvalue weighted by Crippen LogP contribution is 2.21. The number of ketones is 1. The zero-order chi connectivity index (χ0) is 11.5. The maximum Gasteiger partial charge on any atom is 0.184 e. The van der Waals surface area contributed by atoms with E-state index >= 15 is 0 Å². The molecule has 0 saturated carbocycles. The van der Waals surface area contributed by atoms with Crippen molar-refractivity contribution in [2.45, 2.75) is 6.04 Å². The molecule has 16 heavy (non-hydrogen) atoms. The largest absolute Gasteiger partial charge is 0.317 e. The molecule has 0 fully saturated rings. The number of hydrogen-bond donors (Lipinski definition) is 1. The Bertz CT molecular complexity index is 478. The van der Waals surface area contributed by atoms with Gasteiger partial charge in [0.05, 0.1) is 0 Å². The summed E-state index contributed by atoms with van der Waals surface area (Å²) in [6.07, 6.45) is 0. The van der Waals surface area contributed by atoms with Gasteiger partial charge in [0.1, 0.15) is 6.04 Å². The average Bonchev–Trinajstić information content (AvgIpc) is 2.81. The zero-order valence-electron chi connectivity index (χ0n) is 8.31. The molecule has 1 unspecified atom stereocenters. The molecule has 0 aliphatic rings. The van der Waals surface area contributed by atoms with E-state index in [9.17, 15) is 4.79 Å². The lowest BCUT2D eigenvalue weighted by Gasteiger charge is -2.08. The second kappa shape index (κ2) is 4.78. The number of thiophene rings is 1. The van der Waals surface area contributed by atoms with Crippen LogP contribution in [0.2, 0.25) is 5.02 Å². The fraction of sp³-hybridized carbons (Fsp3) is 0.0833. The van der Waals surface area contributed by atoms with Crippen LogP contribution in [0.5, 0.6) is 0 Å². The van der Waals surface area contributed by atoms with Crippen LogP contribution in [0.4, 0.5) is 0 Å². The van der Waals surface area contributed by atoms with E-state index in [-0.39, 0.29) is 5.78 Å². The summed E-state index contributed by atoms with van der Waals surface area (Å²) in [5.41, 5.74) is 6.44. The van der Waals surface area contributed by atoms with Crippen molar-refractivity contribution in [1.82, 2.24) is 0 Å². The first-order valence-corrected chi connectivity index (χ1v) is 5.89. The quantitative estimate of drug-likeness (QED) is 0.851. The summed E-state index contributed by atoms with van der Waals surface area (Å²) < 4.78 is 0. The molecule has 4 heteroatoms. The average molecular weight is 251 g/mol. The van der Waals surface area contributed by atoms with Gasteiger partial charge < -0.3 is 5.73 Å². The maximum absolute atomic E-state index is 12.0. The first-order valence-electron chi connectivity index (χ1n) is 4.69. The van der Waals surface area contributed by atoms with E-state index in [0.29, 0.717) is 10.6 Å². The van der Waals surface area contributed by atoms with Crippen LogP contribution in [-0.2, 0) is 0 Å². The van der Waals surface area contributed by atoms with Crippen molar-refractivity contribution in [3.63, 3.8) is 0 Å². The number of carbonyl (C=O) groups is 1. The molecular formula is C12H9ClNOS. The summed E-state index contributed by atoms with van der Waals surface area (Å²) >= 11 is 7.11. The molecule has 1 aromatic heterocycles. The summed E-state index contributed by atoms with van der Waals surface area (Å²) in [7, 11) is 0. The van der Waals surface area contributed by atoms with Gasteiger partial charge >= 0.3 is 0 Å². The van der Waals surface area contributed by atoms with Crippen LogP contribution in [-0.4, -0.2) is 5.78 Å². The van der Waals surface area contributed by atoms with Gasteiger partial charge in [0.2, 0.25) is 0 Å². The molecule has 2 N–H and O–H groups in total. The molecule has 81 valence electrons. The highest BCUT2D eigenvalue weighted by Gasteiger charge is 2.18. The van der Waals surface area contributed by atoms with E-state index in [2.05, 4.69) is 5.38 Å². The third kappa shape index (κ3) is 2.32. The van der Waals surface area contributed by atoms with Gasteiger partial charge in [-0.25, -0.2) is 0 Å². The smallest absolute Gasteiger partial charge is 0.184 e. The SMILES string of the molecule is NC(C(=O)c1ccc(Cl)cc1)c1cc[c]s1. The first kappa shape index (κ1) is 11.3. The second-order valence-corrected chi connectivity index (χ2v) is 4.65. The summed E-state index contributed by atoms with van der Waals surface area (Å²) in [5, 5.41) is 3.52. The van der Waals surface area contributed by atoms with Crippen LogP contribution in [0.25, 0.3) is 0 Å². The van der Waals surface area contributed by atoms with Crippen LogP contribution in [0.15, 0.2) is 36.4 Å². The van der Waals surface area contributed by atoms with E-state index in [0.717, 1.165) is 4.88 Å². The molecule has 1 heterocycles. The Morgan fingerprint density at radius 3 is 2.56 bits per heavy atom. The van der Waals surface area contributed by atoms with Crippen LogP contribution in [0.3, 0.4) is 0 Å². The molecule has 0 bridgehead atoms. The normalized spacial score (nSPS) is 12.4. The highest BCUT2D eigenvalue weighted by atomic mass is 35.5. The van der Waals surface area contributed by atoms with Crippen LogP contribution in [0.1, 0.15) is 21.3 Å². The Balaban J connectivity index is 2.22. The molecule has 0 amide bonds. The molecule has 2 nitrogen and oxygen atoms in total. The summed E-state index contributed by atoms with van der Waals surface area (Å²) in [4.78, 5) is 12.8. The molecule has 1 atom stereocenters. The van der Waals surface area contributed by atoms with Gasteiger partial charge in [-0.2, -0.15) is 0 Å². The lowest BCUT2D eigenvalue weighted by atomic mass is 10.0. The minimum absolute atomic E-state index is 0.104. The Morgan fingerprint density at radius 1 is 1.31 bits per heavy atom. The van der Waals surface area contributed by atoms with Gasteiger partial charge in [0.15, 0.2) is 5.78 Å². The Hall–Kier alpha value is -1.16. The first-order chi connectivity index (χ1) is 7.68. The van der Waals surface area contributed by atoms with E-state index < -0.39 is 6.04 Å². The van der Waals surface area contributed by atoms with Crippen molar-refractivity contribution < 1.29 is 4.79 Å². The fourth-order valence-corrected chi connectivity index (χ4v) is 2.11. The van der Waals surface area contributed by atoms with Gasteiger partial charge in [0.25, 0.3) is 0 Å². The van der Waals surface area contributed by atoms with Crippen LogP contribution < -0.4 is 5.73 Å². The lowest BCUT2D eigenvalue weighted by Crippen LogP contribution is -2.20. The van der Waals surface area contributed by atoms with Crippen LogP contribution >= 0.6 is 22.9 Å². The second-order valence-electron chi connectivity index (χ2n) is 3.30. The van der Waals surface area contributed by atoms with E-state index in [1.165, 1.54) is 11.3 Å². The van der Waals surface area contributed by atoms with Gasteiger partial charge in [-0.05, 0) is 36.4 Å². The van der Waals surface area contributed by atoms with Crippen molar-refractivity contribution in [1.29, 1.82) is 0 Å². The van der Waals surface area contributed by atoms with E-state index in [4.69, 9.17) is 17.3 Å². The van der Waals surface area contributed by atoms with Crippen molar-refractivity contribution in [2.75, 3.05) is 0 Å². The minimum atomic E-state index is -0.613.